The minimum Gasteiger partial charge on any atom is -0.493 e. The maximum absolute atomic E-state index is 13.4. The minimum absolute atomic E-state index is 0.0714. The molecule has 1 amide bonds. The van der Waals surface area contributed by atoms with Gasteiger partial charge in [0.25, 0.3) is 5.91 Å². The van der Waals surface area contributed by atoms with E-state index in [9.17, 15) is 22.4 Å². The molecular weight excluding hydrogens is 462 g/mol. The van der Waals surface area contributed by atoms with E-state index in [0.29, 0.717) is 18.5 Å². The molecule has 2 unspecified atom stereocenters. The van der Waals surface area contributed by atoms with Crippen LogP contribution in [0.15, 0.2) is 42.5 Å². The summed E-state index contributed by atoms with van der Waals surface area (Å²) in [6.45, 7) is -0.306. The van der Waals surface area contributed by atoms with Crippen LogP contribution in [0.4, 0.5) is 17.6 Å². The highest BCUT2D eigenvalue weighted by atomic mass is 19.4. The maximum Gasteiger partial charge on any atom is 0.522 e. The molecule has 2 aliphatic rings. The number of rotatable bonds is 7. The van der Waals surface area contributed by atoms with E-state index in [1.54, 1.807) is 17.0 Å². The van der Waals surface area contributed by atoms with E-state index >= 15 is 0 Å². The minimum atomic E-state index is -4.74. The number of likely N-dealkylation sites (tertiary alicyclic amines) is 1. The van der Waals surface area contributed by atoms with Crippen LogP contribution in [0.2, 0.25) is 0 Å². The van der Waals surface area contributed by atoms with E-state index in [-0.39, 0.29) is 43.2 Å². The SMILES string of the molecule is COc1cc(C(=O)N2CCC3(c4ccc(F)cc4)OCOC3C2)ccc1OCCOC(F)(F)F. The average molecular weight is 485 g/mol. The van der Waals surface area contributed by atoms with Crippen LogP contribution in [0.5, 0.6) is 11.5 Å². The molecule has 0 aliphatic carbocycles. The maximum atomic E-state index is 13.4. The average Bonchev–Trinajstić information content (AvgIpc) is 3.25. The number of carbonyl (C=O) groups is 1. The summed E-state index contributed by atoms with van der Waals surface area (Å²) in [4.78, 5) is 14.8. The van der Waals surface area contributed by atoms with Crippen molar-refractivity contribution in [1.82, 2.24) is 4.90 Å². The van der Waals surface area contributed by atoms with Gasteiger partial charge in [-0.05, 0) is 35.9 Å². The van der Waals surface area contributed by atoms with E-state index in [0.717, 1.165) is 5.56 Å². The molecule has 2 aromatic rings. The molecule has 0 saturated carbocycles. The van der Waals surface area contributed by atoms with Crippen LogP contribution in [0, 0.1) is 5.82 Å². The highest BCUT2D eigenvalue weighted by Gasteiger charge is 2.51. The van der Waals surface area contributed by atoms with Crippen LogP contribution < -0.4 is 9.47 Å². The Hall–Kier alpha value is -2.89. The summed E-state index contributed by atoms with van der Waals surface area (Å²) in [6.07, 6.45) is -4.69. The van der Waals surface area contributed by atoms with Gasteiger partial charge < -0.3 is 23.8 Å². The molecule has 2 aliphatic heterocycles. The third-order valence-corrected chi connectivity index (χ3v) is 5.88. The number of halogens is 4. The Kier molecular flexibility index (Phi) is 6.96. The van der Waals surface area contributed by atoms with Crippen molar-refractivity contribution >= 4 is 5.91 Å². The number of nitrogens with zero attached hydrogens (tertiary/aromatic N) is 1. The Morgan fingerprint density at radius 3 is 2.62 bits per heavy atom. The van der Waals surface area contributed by atoms with Crippen LogP contribution in [-0.4, -0.2) is 63.5 Å². The fourth-order valence-electron chi connectivity index (χ4n) is 4.22. The quantitative estimate of drug-likeness (QED) is 0.438. The van der Waals surface area contributed by atoms with Crippen molar-refractivity contribution in [3.8, 4) is 11.5 Å². The van der Waals surface area contributed by atoms with Gasteiger partial charge in [-0.1, -0.05) is 12.1 Å². The Balaban J connectivity index is 1.43. The molecule has 0 aromatic heterocycles. The molecule has 0 bridgehead atoms. The van der Waals surface area contributed by atoms with Gasteiger partial charge in [0, 0.05) is 18.5 Å². The predicted octanol–water partition coefficient (Wildman–Crippen LogP) is 3.86. The third-order valence-electron chi connectivity index (χ3n) is 5.88. The summed E-state index contributed by atoms with van der Waals surface area (Å²) in [6, 6.07) is 10.5. The van der Waals surface area contributed by atoms with Gasteiger partial charge >= 0.3 is 6.36 Å². The number of amides is 1. The molecule has 0 spiro atoms. The molecule has 2 fully saturated rings. The normalized spacial score (nSPS) is 22.4. The third kappa shape index (κ3) is 5.11. The predicted molar refractivity (Wildman–Crippen MR) is 110 cm³/mol. The number of ether oxygens (including phenoxy) is 5. The van der Waals surface area contributed by atoms with Gasteiger partial charge in [0.1, 0.15) is 30.9 Å². The van der Waals surface area contributed by atoms with Crippen LogP contribution in [0.1, 0.15) is 22.3 Å². The number of benzene rings is 2. The van der Waals surface area contributed by atoms with Gasteiger partial charge in [0.15, 0.2) is 11.5 Å². The van der Waals surface area contributed by atoms with Crippen LogP contribution in [-0.2, 0) is 19.8 Å². The van der Waals surface area contributed by atoms with Crippen molar-refractivity contribution < 1.29 is 46.0 Å². The lowest BCUT2D eigenvalue weighted by Gasteiger charge is -2.42. The lowest BCUT2D eigenvalue weighted by Crippen LogP contribution is -2.53. The molecule has 0 N–H and O–H groups in total. The number of piperidine rings is 1. The van der Waals surface area contributed by atoms with E-state index in [4.69, 9.17) is 18.9 Å². The number of alkyl halides is 3. The zero-order valence-corrected chi connectivity index (χ0v) is 18.3. The summed E-state index contributed by atoms with van der Waals surface area (Å²) in [5.74, 6) is -0.228. The van der Waals surface area contributed by atoms with Gasteiger partial charge in [0.05, 0.1) is 20.3 Å². The Bertz CT molecular complexity index is 1020. The van der Waals surface area contributed by atoms with E-state index in [1.807, 2.05) is 0 Å². The number of methoxy groups -OCH3 is 1. The molecular formula is C23H23F4NO6. The van der Waals surface area contributed by atoms with E-state index in [1.165, 1.54) is 37.4 Å². The van der Waals surface area contributed by atoms with Crippen molar-refractivity contribution in [2.24, 2.45) is 0 Å². The first kappa shape index (κ1) is 24.2. The van der Waals surface area contributed by atoms with Crippen molar-refractivity contribution in [3.63, 3.8) is 0 Å². The van der Waals surface area contributed by atoms with Crippen LogP contribution >= 0.6 is 0 Å². The molecule has 2 heterocycles. The lowest BCUT2D eigenvalue weighted by molar-refractivity contribution is -0.325. The number of fused-ring (bicyclic) bond motifs is 1. The molecule has 34 heavy (non-hydrogen) atoms. The van der Waals surface area contributed by atoms with Crippen molar-refractivity contribution in [1.29, 1.82) is 0 Å². The van der Waals surface area contributed by atoms with Gasteiger partial charge in [0.2, 0.25) is 0 Å². The van der Waals surface area contributed by atoms with Crippen molar-refractivity contribution in [3.05, 3.63) is 59.4 Å². The molecule has 4 rings (SSSR count). The summed E-state index contributed by atoms with van der Waals surface area (Å²) in [5.41, 5.74) is 0.364. The molecule has 2 atom stereocenters. The fraction of sp³-hybridized carbons (Fsp3) is 0.435. The first-order valence-corrected chi connectivity index (χ1v) is 10.5. The Morgan fingerprint density at radius 1 is 1.15 bits per heavy atom. The largest absolute Gasteiger partial charge is 0.522 e. The Morgan fingerprint density at radius 2 is 1.91 bits per heavy atom. The number of hydrogen-bond donors (Lipinski definition) is 0. The molecule has 184 valence electrons. The van der Waals surface area contributed by atoms with Gasteiger partial charge in [-0.3, -0.25) is 9.53 Å². The first-order valence-electron chi connectivity index (χ1n) is 10.5. The van der Waals surface area contributed by atoms with Crippen LogP contribution in [0.25, 0.3) is 0 Å². The van der Waals surface area contributed by atoms with Crippen molar-refractivity contribution in [2.45, 2.75) is 24.5 Å². The molecule has 2 saturated heterocycles. The zero-order chi connectivity index (χ0) is 24.3. The molecule has 0 radical (unpaired) electrons. The molecule has 2 aromatic carbocycles. The second kappa shape index (κ2) is 9.77. The van der Waals surface area contributed by atoms with Gasteiger partial charge in [-0.2, -0.15) is 0 Å². The smallest absolute Gasteiger partial charge is 0.493 e. The fourth-order valence-corrected chi connectivity index (χ4v) is 4.22. The summed E-state index contributed by atoms with van der Waals surface area (Å²) in [5, 5.41) is 0. The highest BCUT2D eigenvalue weighted by Crippen LogP contribution is 2.43. The van der Waals surface area contributed by atoms with E-state index in [2.05, 4.69) is 4.74 Å². The second-order valence-corrected chi connectivity index (χ2v) is 7.82. The van der Waals surface area contributed by atoms with Crippen LogP contribution in [0.3, 0.4) is 0 Å². The topological polar surface area (TPSA) is 66.5 Å². The summed E-state index contributed by atoms with van der Waals surface area (Å²) < 4.78 is 75.5. The van der Waals surface area contributed by atoms with E-state index < -0.39 is 24.7 Å². The Labute approximate surface area is 193 Å². The van der Waals surface area contributed by atoms with Gasteiger partial charge in [-0.25, -0.2) is 4.39 Å². The monoisotopic (exact) mass is 485 g/mol. The standard InChI is InChI=1S/C23H23F4NO6/c1-30-19-12-15(2-7-18(19)31-10-11-33-23(25,26)27)21(29)28-9-8-22(20(13-28)32-14-34-22)16-3-5-17(24)6-4-16/h2-7,12,20H,8-11,13-14H2,1H3. The lowest BCUT2D eigenvalue weighted by atomic mass is 9.82. The first-order chi connectivity index (χ1) is 16.2. The zero-order valence-electron chi connectivity index (χ0n) is 18.3. The van der Waals surface area contributed by atoms with Crippen molar-refractivity contribution in [2.75, 3.05) is 40.2 Å². The molecule has 7 nitrogen and oxygen atoms in total. The summed E-state index contributed by atoms with van der Waals surface area (Å²) in [7, 11) is 1.37. The second-order valence-electron chi connectivity index (χ2n) is 7.82. The van der Waals surface area contributed by atoms with Gasteiger partial charge in [-0.15, -0.1) is 13.2 Å². The number of hydrogen-bond acceptors (Lipinski definition) is 6. The highest BCUT2D eigenvalue weighted by molar-refractivity contribution is 5.95. The number of carbonyl (C=O) groups excluding carboxylic acids is 1. The molecule has 11 heteroatoms. The summed E-state index contributed by atoms with van der Waals surface area (Å²) >= 11 is 0.